The molecule has 0 rings (SSSR count). The van der Waals surface area contributed by atoms with Gasteiger partial charge in [-0.3, -0.25) is 19.2 Å². The van der Waals surface area contributed by atoms with Crippen LogP contribution in [0.15, 0.2) is 0 Å². The first-order chi connectivity index (χ1) is 10.6. The highest BCUT2D eigenvalue weighted by molar-refractivity contribution is 5.80. The van der Waals surface area contributed by atoms with Gasteiger partial charge in [0.1, 0.15) is 12.6 Å². The van der Waals surface area contributed by atoms with Gasteiger partial charge in [-0.15, -0.1) is 0 Å². The van der Waals surface area contributed by atoms with Gasteiger partial charge in [-0.25, -0.2) is 0 Å². The van der Waals surface area contributed by atoms with Crippen molar-refractivity contribution < 1.29 is 34.1 Å². The van der Waals surface area contributed by atoms with Gasteiger partial charge in [-0.2, -0.15) is 0 Å². The number of carbonyl (C=O) groups excluding carboxylic acids is 2. The molecule has 0 spiro atoms. The lowest BCUT2D eigenvalue weighted by Gasteiger charge is -2.03. The molecule has 0 aliphatic carbocycles. The number of nitrogens with two attached hydrogens (primary N) is 2. The van der Waals surface area contributed by atoms with Crippen molar-refractivity contribution in [3.05, 3.63) is 0 Å². The molecule has 0 heterocycles. The minimum Gasteiger partial charge on any atom is -0.481 e. The number of hydrogen-bond donors (Lipinski definition) is 5. The molecule has 1 atom stereocenters. The molecule has 0 aromatic carbocycles. The number of hydrogen-bond acceptors (Lipinski definition) is 7. The Morgan fingerprint density at radius 3 is 1.91 bits per heavy atom. The smallest absolute Gasteiger partial charge is 0.325 e. The summed E-state index contributed by atoms with van der Waals surface area (Å²) in [5, 5.41) is 18.0. The predicted octanol–water partition coefficient (Wildman–Crippen LogP) is -1.09. The number of carboxylic acid groups (broad SMARTS) is 2. The van der Waals surface area contributed by atoms with Gasteiger partial charge in [0.2, 0.25) is 5.91 Å². The van der Waals surface area contributed by atoms with Crippen molar-refractivity contribution in [3.8, 4) is 0 Å². The van der Waals surface area contributed by atoms with E-state index in [1.165, 1.54) is 14.0 Å². The summed E-state index contributed by atoms with van der Waals surface area (Å²) in [6.07, 6.45) is 2.16. The Labute approximate surface area is 135 Å². The normalized spacial score (nSPS) is 9.96. The number of unbranched alkanes of at least 4 members (excludes halogenated alkanes) is 1. The number of nitrogens with one attached hydrogen (secondary N) is 1. The maximum absolute atomic E-state index is 10.3. The van der Waals surface area contributed by atoms with Crippen LogP contribution in [0.25, 0.3) is 0 Å². The van der Waals surface area contributed by atoms with Crippen molar-refractivity contribution in [3.63, 3.8) is 0 Å². The first-order valence-electron chi connectivity index (χ1n) is 6.77. The molecule has 0 aliphatic rings. The zero-order valence-electron chi connectivity index (χ0n) is 13.7. The fourth-order valence-electron chi connectivity index (χ4n) is 0.901. The van der Waals surface area contributed by atoms with E-state index in [0.29, 0.717) is 13.0 Å². The molecule has 136 valence electrons. The maximum atomic E-state index is 10.3. The molecule has 1 amide bonds. The van der Waals surface area contributed by atoms with E-state index in [2.05, 4.69) is 10.1 Å². The fraction of sp³-hybridized carbons (Fsp3) is 0.692. The van der Waals surface area contributed by atoms with Crippen LogP contribution in [-0.4, -0.2) is 60.3 Å². The lowest BCUT2D eigenvalue weighted by Crippen LogP contribution is -2.29. The predicted molar refractivity (Wildman–Crippen MR) is 82.5 cm³/mol. The van der Waals surface area contributed by atoms with Gasteiger partial charge in [-0.1, -0.05) is 6.42 Å². The molecule has 0 fully saturated rings. The average Bonchev–Trinajstić information content (AvgIpc) is 2.44. The summed E-state index contributed by atoms with van der Waals surface area (Å²) >= 11 is 0. The summed E-state index contributed by atoms with van der Waals surface area (Å²) in [7, 11) is 1.27. The van der Waals surface area contributed by atoms with Crippen molar-refractivity contribution >= 4 is 23.8 Å². The summed E-state index contributed by atoms with van der Waals surface area (Å²) in [4.78, 5) is 39.6. The Bertz CT molecular complexity index is 357. The van der Waals surface area contributed by atoms with Crippen LogP contribution in [0.1, 0.15) is 33.1 Å². The van der Waals surface area contributed by atoms with E-state index in [1.54, 1.807) is 0 Å². The number of amides is 1. The van der Waals surface area contributed by atoms with E-state index in [9.17, 15) is 14.4 Å². The quantitative estimate of drug-likeness (QED) is 0.285. The zero-order valence-corrected chi connectivity index (χ0v) is 13.7. The van der Waals surface area contributed by atoms with E-state index >= 15 is 0 Å². The van der Waals surface area contributed by atoms with Gasteiger partial charge < -0.3 is 31.7 Å². The molecule has 0 aromatic rings. The van der Waals surface area contributed by atoms with Gasteiger partial charge in [0, 0.05) is 13.8 Å². The molecular formula is C13H27N3O7. The van der Waals surface area contributed by atoms with E-state index in [-0.39, 0.29) is 12.5 Å². The monoisotopic (exact) mass is 337 g/mol. The summed E-state index contributed by atoms with van der Waals surface area (Å²) in [5.74, 6) is -2.44. The number of methoxy groups -OCH3 is 1. The summed E-state index contributed by atoms with van der Waals surface area (Å²) in [6, 6.07) is -0.716. The SMILES string of the molecule is CC(=O)O.COC(=O)CNC(C)=O.NCCCC[C@H](N)C(=O)O. The Balaban J connectivity index is -0.000000284. The molecule has 0 saturated carbocycles. The minimum absolute atomic E-state index is 0.0498. The summed E-state index contributed by atoms with van der Waals surface area (Å²) in [6.45, 7) is 2.97. The standard InChI is InChI=1S/C6H14N2O2.C5H9NO3.C2H4O2/c7-4-2-1-3-5(8)6(9)10;1-4(7)6-3-5(8)9-2;1-2(3)4/h5H,1-4,7-8H2,(H,9,10);3H2,1-2H3,(H,6,7);1H3,(H,3,4)/t5-;;/m0../s1. The number of rotatable bonds is 7. The first-order valence-corrected chi connectivity index (χ1v) is 6.77. The summed E-state index contributed by atoms with van der Waals surface area (Å²) in [5.41, 5.74) is 10.4. The number of aliphatic carboxylic acids is 2. The highest BCUT2D eigenvalue weighted by Gasteiger charge is 2.09. The maximum Gasteiger partial charge on any atom is 0.325 e. The topological polar surface area (TPSA) is 182 Å². The Morgan fingerprint density at radius 2 is 1.61 bits per heavy atom. The van der Waals surface area contributed by atoms with Crippen LogP contribution in [0, 0.1) is 0 Å². The van der Waals surface area contributed by atoms with Crippen LogP contribution in [0.2, 0.25) is 0 Å². The molecule has 0 unspecified atom stereocenters. The summed E-state index contributed by atoms with van der Waals surface area (Å²) < 4.78 is 4.25. The number of ether oxygens (including phenoxy) is 1. The molecule has 7 N–H and O–H groups in total. The van der Waals surface area contributed by atoms with Gasteiger partial charge in [0.05, 0.1) is 7.11 Å². The van der Waals surface area contributed by atoms with E-state index in [0.717, 1.165) is 19.8 Å². The van der Waals surface area contributed by atoms with Crippen molar-refractivity contribution in [1.29, 1.82) is 0 Å². The number of carboxylic acids is 2. The van der Waals surface area contributed by atoms with E-state index < -0.39 is 23.9 Å². The molecule has 0 saturated heterocycles. The van der Waals surface area contributed by atoms with Crippen LogP contribution in [0.5, 0.6) is 0 Å². The highest BCUT2D eigenvalue weighted by atomic mass is 16.5. The second kappa shape index (κ2) is 17.9. The van der Waals surface area contributed by atoms with Crippen LogP contribution < -0.4 is 16.8 Å². The van der Waals surface area contributed by atoms with Crippen LogP contribution in [0.3, 0.4) is 0 Å². The minimum atomic E-state index is -0.933. The van der Waals surface area contributed by atoms with Crippen LogP contribution in [0.4, 0.5) is 0 Å². The van der Waals surface area contributed by atoms with Crippen molar-refractivity contribution in [2.75, 3.05) is 20.2 Å². The molecule has 0 aliphatic heterocycles. The van der Waals surface area contributed by atoms with Gasteiger partial charge in [0.25, 0.3) is 5.97 Å². The molecule has 0 bridgehead atoms. The third-order valence-electron chi connectivity index (χ3n) is 2.00. The lowest BCUT2D eigenvalue weighted by molar-refractivity contribution is -0.141. The number of esters is 1. The fourth-order valence-corrected chi connectivity index (χ4v) is 0.901. The molecule has 10 heteroatoms. The Morgan fingerprint density at radius 1 is 1.13 bits per heavy atom. The molecule has 0 radical (unpaired) electrons. The van der Waals surface area contributed by atoms with Gasteiger partial charge in [-0.05, 0) is 19.4 Å². The molecule has 10 nitrogen and oxygen atoms in total. The highest BCUT2D eigenvalue weighted by Crippen LogP contribution is 1.96. The van der Waals surface area contributed by atoms with Crippen molar-refractivity contribution in [1.82, 2.24) is 5.32 Å². The van der Waals surface area contributed by atoms with E-state index in [1.807, 2.05) is 0 Å². The second-order valence-corrected chi connectivity index (χ2v) is 4.23. The third kappa shape index (κ3) is 32.9. The largest absolute Gasteiger partial charge is 0.481 e. The second-order valence-electron chi connectivity index (χ2n) is 4.23. The molecular weight excluding hydrogens is 310 g/mol. The number of carbonyl (C=O) groups is 4. The lowest BCUT2D eigenvalue weighted by atomic mass is 10.1. The van der Waals surface area contributed by atoms with Crippen molar-refractivity contribution in [2.24, 2.45) is 11.5 Å². The first kappa shape index (κ1) is 25.7. The zero-order chi connectivity index (χ0) is 18.8. The Kier molecular flexibility index (Phi) is 20.0. The third-order valence-corrected chi connectivity index (χ3v) is 2.00. The molecule has 0 aromatic heterocycles. The average molecular weight is 337 g/mol. The molecule has 23 heavy (non-hydrogen) atoms. The van der Waals surface area contributed by atoms with Crippen LogP contribution >= 0.6 is 0 Å². The van der Waals surface area contributed by atoms with Gasteiger partial charge >= 0.3 is 11.9 Å². The van der Waals surface area contributed by atoms with Crippen LogP contribution in [-0.2, 0) is 23.9 Å². The van der Waals surface area contributed by atoms with Crippen molar-refractivity contribution in [2.45, 2.75) is 39.2 Å². The van der Waals surface area contributed by atoms with E-state index in [4.69, 9.17) is 26.5 Å². The van der Waals surface area contributed by atoms with Gasteiger partial charge in [0.15, 0.2) is 0 Å². The Hall–Kier alpha value is -2.20.